The number of pyridine rings is 1. The summed E-state index contributed by atoms with van der Waals surface area (Å²) in [6.45, 7) is 0. The fourth-order valence-electron chi connectivity index (χ4n) is 1.25. The van der Waals surface area contributed by atoms with Crippen LogP contribution < -0.4 is 5.56 Å². The van der Waals surface area contributed by atoms with Gasteiger partial charge in [-0.15, -0.1) is 11.3 Å². The normalized spacial score (nSPS) is 10.3. The number of carboxylic acid groups (broad SMARTS) is 1. The van der Waals surface area contributed by atoms with E-state index in [4.69, 9.17) is 5.11 Å². The van der Waals surface area contributed by atoms with E-state index < -0.39 is 11.5 Å². The lowest BCUT2D eigenvalue weighted by Gasteiger charge is -1.99. The third-order valence-corrected chi connectivity index (χ3v) is 3.65. The van der Waals surface area contributed by atoms with Crippen LogP contribution in [-0.2, 0) is 0 Å². The van der Waals surface area contributed by atoms with Crippen molar-refractivity contribution < 1.29 is 9.90 Å². The molecule has 16 heavy (non-hydrogen) atoms. The molecule has 0 aliphatic heterocycles. The first-order chi connectivity index (χ1) is 7.56. The smallest absolute Gasteiger partial charge is 0.335 e. The first-order valence-electron chi connectivity index (χ1n) is 4.28. The number of carboxylic acids is 1. The zero-order valence-corrected chi connectivity index (χ0v) is 10.3. The molecule has 0 aliphatic carbocycles. The van der Waals surface area contributed by atoms with E-state index in [-0.39, 0.29) is 5.56 Å². The van der Waals surface area contributed by atoms with Crippen LogP contribution in [0.3, 0.4) is 0 Å². The number of carbonyl (C=O) groups is 1. The van der Waals surface area contributed by atoms with Gasteiger partial charge in [-0.1, -0.05) is 0 Å². The topological polar surface area (TPSA) is 70.2 Å². The van der Waals surface area contributed by atoms with Crippen LogP contribution in [0.5, 0.6) is 0 Å². The van der Waals surface area contributed by atoms with Crippen molar-refractivity contribution in [3.05, 3.63) is 44.0 Å². The zero-order chi connectivity index (χ0) is 11.7. The van der Waals surface area contributed by atoms with E-state index in [1.165, 1.54) is 17.4 Å². The molecule has 0 saturated carbocycles. The highest BCUT2D eigenvalue weighted by Crippen LogP contribution is 2.28. The Kier molecular flexibility index (Phi) is 2.93. The van der Waals surface area contributed by atoms with Gasteiger partial charge in [-0.2, -0.15) is 0 Å². The maximum atomic E-state index is 11.3. The highest BCUT2D eigenvalue weighted by atomic mass is 79.9. The van der Waals surface area contributed by atoms with Crippen LogP contribution in [0.4, 0.5) is 0 Å². The number of hydrogen-bond donors (Lipinski definition) is 2. The predicted molar refractivity (Wildman–Crippen MR) is 65.0 cm³/mol. The summed E-state index contributed by atoms with van der Waals surface area (Å²) in [4.78, 5) is 25.5. The van der Waals surface area contributed by atoms with Gasteiger partial charge in [0.1, 0.15) is 0 Å². The largest absolute Gasteiger partial charge is 0.478 e. The Morgan fingerprint density at radius 3 is 2.69 bits per heavy atom. The van der Waals surface area contributed by atoms with Gasteiger partial charge in [0.15, 0.2) is 0 Å². The second kappa shape index (κ2) is 4.23. The Morgan fingerprint density at radius 2 is 2.12 bits per heavy atom. The summed E-state index contributed by atoms with van der Waals surface area (Å²) >= 11 is 4.72. The molecule has 0 bridgehead atoms. The second-order valence-electron chi connectivity index (χ2n) is 3.08. The Hall–Kier alpha value is -1.40. The third kappa shape index (κ3) is 2.23. The van der Waals surface area contributed by atoms with E-state index in [1.54, 1.807) is 0 Å². The van der Waals surface area contributed by atoms with Gasteiger partial charge in [0.25, 0.3) is 0 Å². The Morgan fingerprint density at radius 1 is 1.38 bits per heavy atom. The molecule has 0 unspecified atom stereocenters. The number of aromatic amines is 1. The van der Waals surface area contributed by atoms with E-state index >= 15 is 0 Å². The molecule has 0 aliphatic rings. The molecule has 2 rings (SSSR count). The van der Waals surface area contributed by atoms with Crippen molar-refractivity contribution in [1.29, 1.82) is 0 Å². The Labute approximate surface area is 103 Å². The highest BCUT2D eigenvalue weighted by Gasteiger charge is 2.08. The molecule has 0 atom stereocenters. The quantitative estimate of drug-likeness (QED) is 0.895. The van der Waals surface area contributed by atoms with Crippen molar-refractivity contribution in [3.63, 3.8) is 0 Å². The van der Waals surface area contributed by atoms with Crippen LogP contribution in [0.15, 0.2) is 32.8 Å². The molecule has 2 aromatic rings. The average Bonchev–Trinajstić information content (AvgIpc) is 2.64. The summed E-state index contributed by atoms with van der Waals surface area (Å²) in [5.41, 5.74) is 0.0864. The molecular weight excluding hydrogens is 294 g/mol. The van der Waals surface area contributed by atoms with Gasteiger partial charge in [-0.3, -0.25) is 4.79 Å². The van der Waals surface area contributed by atoms with E-state index in [9.17, 15) is 9.59 Å². The van der Waals surface area contributed by atoms with Crippen LogP contribution in [0.2, 0.25) is 0 Å². The van der Waals surface area contributed by atoms with Crippen LogP contribution in [-0.4, -0.2) is 16.1 Å². The number of rotatable bonds is 2. The molecule has 0 saturated heterocycles. The second-order valence-corrected chi connectivity index (χ2v) is 4.91. The van der Waals surface area contributed by atoms with E-state index in [2.05, 4.69) is 20.9 Å². The summed E-state index contributed by atoms with van der Waals surface area (Å²) in [6, 6.07) is 4.33. The number of aromatic nitrogens is 1. The van der Waals surface area contributed by atoms with Crippen LogP contribution in [0, 0.1) is 0 Å². The molecule has 82 valence electrons. The third-order valence-electron chi connectivity index (χ3n) is 1.92. The molecule has 0 fully saturated rings. The number of H-pyrrole nitrogens is 1. The number of hydrogen-bond acceptors (Lipinski definition) is 3. The lowest BCUT2D eigenvalue weighted by molar-refractivity contribution is 0.0696. The molecule has 4 nitrogen and oxygen atoms in total. The molecule has 0 radical (unpaired) electrons. The van der Waals surface area contributed by atoms with E-state index in [0.717, 1.165) is 15.4 Å². The van der Waals surface area contributed by atoms with Crippen molar-refractivity contribution in [2.45, 2.75) is 0 Å². The van der Waals surface area contributed by atoms with Crippen LogP contribution in [0.1, 0.15) is 10.4 Å². The number of halogens is 1. The van der Waals surface area contributed by atoms with Gasteiger partial charge < -0.3 is 10.1 Å². The highest BCUT2D eigenvalue weighted by molar-refractivity contribution is 9.10. The molecule has 0 amide bonds. The standard InChI is InChI=1S/C10H6BrNO3S/c11-6-3-8(16-4-6)7-1-5(10(14)15)2-9(13)12-7/h1-4H,(H,12,13)(H,14,15). The van der Waals surface area contributed by atoms with Gasteiger partial charge in [0.2, 0.25) is 5.56 Å². The van der Waals surface area contributed by atoms with Crippen molar-refractivity contribution in [2.75, 3.05) is 0 Å². The van der Waals surface area contributed by atoms with Gasteiger partial charge in [-0.25, -0.2) is 4.79 Å². The van der Waals surface area contributed by atoms with Crippen LogP contribution in [0.25, 0.3) is 10.6 Å². The zero-order valence-electron chi connectivity index (χ0n) is 7.86. The maximum absolute atomic E-state index is 11.3. The minimum absolute atomic E-state index is 0.0109. The van der Waals surface area contributed by atoms with Crippen molar-refractivity contribution >= 4 is 33.2 Å². The van der Waals surface area contributed by atoms with Gasteiger partial charge in [-0.05, 0) is 28.1 Å². The fraction of sp³-hybridized carbons (Fsp3) is 0. The maximum Gasteiger partial charge on any atom is 0.335 e. The number of aromatic carboxylic acids is 1. The van der Waals surface area contributed by atoms with E-state index in [1.807, 2.05) is 11.4 Å². The van der Waals surface area contributed by atoms with Gasteiger partial charge >= 0.3 is 5.97 Å². The fourth-order valence-corrected chi connectivity index (χ4v) is 2.65. The lowest BCUT2D eigenvalue weighted by Crippen LogP contribution is -2.09. The summed E-state index contributed by atoms with van der Waals surface area (Å²) in [7, 11) is 0. The molecule has 2 heterocycles. The van der Waals surface area contributed by atoms with Crippen molar-refractivity contribution in [2.24, 2.45) is 0 Å². The average molecular weight is 300 g/mol. The van der Waals surface area contributed by atoms with Gasteiger partial charge in [0.05, 0.1) is 16.1 Å². The first-order valence-corrected chi connectivity index (χ1v) is 5.95. The Balaban J connectivity index is 2.57. The minimum Gasteiger partial charge on any atom is -0.478 e. The summed E-state index contributed by atoms with van der Waals surface area (Å²) in [5, 5.41) is 10.7. The SMILES string of the molecule is O=C(O)c1cc(-c2cc(Br)cs2)[nH]c(=O)c1. The van der Waals surface area contributed by atoms with Gasteiger partial charge in [0, 0.05) is 15.9 Å². The molecular formula is C10H6BrNO3S. The predicted octanol–water partition coefficient (Wildman–Crippen LogP) is 2.56. The first kappa shape index (κ1) is 11.1. The minimum atomic E-state index is -1.11. The Bertz CT molecular complexity index is 602. The molecule has 0 aromatic carbocycles. The summed E-state index contributed by atoms with van der Waals surface area (Å²) < 4.78 is 0.897. The summed E-state index contributed by atoms with van der Waals surface area (Å²) in [5.74, 6) is -1.11. The molecule has 0 spiro atoms. The monoisotopic (exact) mass is 299 g/mol. The number of thiophene rings is 1. The molecule has 2 aromatic heterocycles. The molecule has 2 N–H and O–H groups in total. The number of nitrogens with one attached hydrogen (secondary N) is 1. The summed E-state index contributed by atoms with van der Waals surface area (Å²) in [6.07, 6.45) is 0. The molecule has 6 heteroatoms. The lowest BCUT2D eigenvalue weighted by atomic mass is 10.2. The van der Waals surface area contributed by atoms with Crippen molar-refractivity contribution in [1.82, 2.24) is 4.98 Å². The van der Waals surface area contributed by atoms with Crippen molar-refractivity contribution in [3.8, 4) is 10.6 Å². The van der Waals surface area contributed by atoms with Crippen LogP contribution >= 0.6 is 27.3 Å². The van der Waals surface area contributed by atoms with E-state index in [0.29, 0.717) is 5.69 Å².